The molecule has 1 heterocycles. The Balaban J connectivity index is 2.61. The van der Waals surface area contributed by atoms with Gasteiger partial charge < -0.3 is 5.11 Å². The van der Waals surface area contributed by atoms with E-state index >= 15 is 0 Å². The van der Waals surface area contributed by atoms with Crippen LogP contribution < -0.4 is 0 Å². The van der Waals surface area contributed by atoms with Crippen molar-refractivity contribution in [2.24, 2.45) is 5.92 Å². The lowest BCUT2D eigenvalue weighted by Crippen LogP contribution is -2.50. The number of nitrogens with zero attached hydrogens (tertiary/aromatic N) is 1. The van der Waals surface area contributed by atoms with E-state index in [0.717, 1.165) is 10.6 Å². The fourth-order valence-electron chi connectivity index (χ4n) is 2.53. The van der Waals surface area contributed by atoms with Crippen LogP contribution in [0.5, 0.6) is 0 Å². The van der Waals surface area contributed by atoms with Gasteiger partial charge in [0.15, 0.2) is 5.78 Å². The van der Waals surface area contributed by atoms with Crippen LogP contribution in [0.15, 0.2) is 23.9 Å². The molecule has 0 fully saturated rings. The minimum absolute atomic E-state index is 0.121. The number of sulfonamides is 1. The molecule has 2 rings (SSSR count). The van der Waals surface area contributed by atoms with Gasteiger partial charge in [-0.3, -0.25) is 9.10 Å². The molecule has 2 atom stereocenters. The molecule has 1 aliphatic heterocycles. The Morgan fingerprint density at radius 1 is 1.56 bits per heavy atom. The molecule has 0 aromatic heterocycles. The van der Waals surface area contributed by atoms with Crippen molar-refractivity contribution < 1.29 is 23.1 Å². The van der Waals surface area contributed by atoms with E-state index in [0.29, 0.717) is 0 Å². The Morgan fingerprint density at radius 3 is 2.67 bits per heavy atom. The van der Waals surface area contributed by atoms with Gasteiger partial charge in [-0.2, -0.15) is 0 Å². The highest BCUT2D eigenvalue weighted by atomic mass is 32.2. The highest BCUT2D eigenvalue weighted by Gasteiger charge is 2.51. The molecular formula is C11H13NO5S. The number of hydrogen-bond acceptors (Lipinski definition) is 4. The highest BCUT2D eigenvalue weighted by Crippen LogP contribution is 2.43. The van der Waals surface area contributed by atoms with Crippen LogP contribution in [0, 0.1) is 5.92 Å². The first-order valence-electron chi connectivity index (χ1n) is 5.34. The highest BCUT2D eigenvalue weighted by molar-refractivity contribution is 7.88. The van der Waals surface area contributed by atoms with Gasteiger partial charge in [0.05, 0.1) is 11.8 Å². The molecule has 0 aromatic carbocycles. The van der Waals surface area contributed by atoms with Crippen LogP contribution in [0.3, 0.4) is 0 Å². The Hall–Kier alpha value is -1.63. The molecule has 6 nitrogen and oxygen atoms in total. The van der Waals surface area contributed by atoms with Crippen molar-refractivity contribution in [2.75, 3.05) is 6.26 Å². The predicted molar refractivity (Wildman–Crippen MR) is 63.1 cm³/mol. The number of hydrogen-bond donors (Lipinski definition) is 1. The third-order valence-electron chi connectivity index (χ3n) is 3.34. The normalized spacial score (nSPS) is 31.2. The van der Waals surface area contributed by atoms with Gasteiger partial charge in [-0.15, -0.1) is 0 Å². The lowest BCUT2D eigenvalue weighted by atomic mass is 9.80. The van der Waals surface area contributed by atoms with Gasteiger partial charge in [0.25, 0.3) is 0 Å². The topological polar surface area (TPSA) is 91.8 Å². The molecule has 1 N–H and O–H groups in total. The van der Waals surface area contributed by atoms with Crippen LogP contribution in [-0.4, -0.2) is 41.4 Å². The molecule has 0 aromatic rings. The molecule has 0 spiro atoms. The third-order valence-corrected chi connectivity index (χ3v) is 4.60. The number of carbonyl (C=O) groups is 2. The van der Waals surface area contributed by atoms with Gasteiger partial charge in [-0.05, 0) is 19.1 Å². The second kappa shape index (κ2) is 3.68. The van der Waals surface area contributed by atoms with Crippen molar-refractivity contribution in [1.29, 1.82) is 0 Å². The summed E-state index contributed by atoms with van der Waals surface area (Å²) in [6, 6.07) is 0. The molecule has 0 saturated heterocycles. The number of carbonyl (C=O) groups excluding carboxylic acids is 1. The first kappa shape index (κ1) is 12.8. The second-order valence-electron chi connectivity index (χ2n) is 4.72. The number of allylic oxidation sites excluding steroid dienone is 1. The lowest BCUT2D eigenvalue weighted by molar-refractivity contribution is -0.134. The monoisotopic (exact) mass is 271 g/mol. The Kier molecular flexibility index (Phi) is 2.62. The van der Waals surface area contributed by atoms with Crippen molar-refractivity contribution >= 4 is 21.8 Å². The Labute approximate surface area is 105 Å². The summed E-state index contributed by atoms with van der Waals surface area (Å²) >= 11 is 0. The molecule has 1 aliphatic carbocycles. The van der Waals surface area contributed by atoms with Crippen LogP contribution in [-0.2, 0) is 19.6 Å². The largest absolute Gasteiger partial charge is 0.477 e. The van der Waals surface area contributed by atoms with Gasteiger partial charge >= 0.3 is 5.97 Å². The van der Waals surface area contributed by atoms with Gasteiger partial charge in [0.2, 0.25) is 10.0 Å². The Bertz CT molecular complexity index is 589. The summed E-state index contributed by atoms with van der Waals surface area (Å²) in [6.45, 7) is 1.62. The number of aliphatic carboxylic acids is 1. The third kappa shape index (κ3) is 1.74. The van der Waals surface area contributed by atoms with Gasteiger partial charge in [0.1, 0.15) is 5.70 Å². The minimum Gasteiger partial charge on any atom is -0.477 e. The number of fused-ring (bicyclic) bond motifs is 1. The van der Waals surface area contributed by atoms with Gasteiger partial charge in [-0.25, -0.2) is 13.2 Å². The minimum atomic E-state index is -3.72. The average molecular weight is 271 g/mol. The van der Waals surface area contributed by atoms with Crippen LogP contribution >= 0.6 is 0 Å². The summed E-state index contributed by atoms with van der Waals surface area (Å²) in [5, 5.41) is 9.09. The summed E-state index contributed by atoms with van der Waals surface area (Å²) < 4.78 is 24.5. The fourth-order valence-corrected chi connectivity index (χ4v) is 3.94. The van der Waals surface area contributed by atoms with E-state index in [4.69, 9.17) is 5.11 Å². The van der Waals surface area contributed by atoms with E-state index in [1.54, 1.807) is 6.92 Å². The summed E-state index contributed by atoms with van der Waals surface area (Å²) in [4.78, 5) is 22.5. The van der Waals surface area contributed by atoms with E-state index < -0.39 is 27.4 Å². The first-order valence-corrected chi connectivity index (χ1v) is 7.18. The van der Waals surface area contributed by atoms with Crippen LogP contribution in [0.2, 0.25) is 0 Å². The van der Waals surface area contributed by atoms with Crippen LogP contribution in [0.25, 0.3) is 0 Å². The summed E-state index contributed by atoms with van der Waals surface area (Å²) in [5.41, 5.74) is -1.29. The van der Waals surface area contributed by atoms with Gasteiger partial charge in [-0.1, -0.05) is 6.08 Å². The predicted octanol–water partition coefficient (Wildman–Crippen LogP) is 0.134. The number of ketones is 1. The summed E-state index contributed by atoms with van der Waals surface area (Å²) in [7, 11) is -3.72. The zero-order valence-electron chi connectivity index (χ0n) is 9.95. The van der Waals surface area contributed by atoms with Crippen molar-refractivity contribution in [3.8, 4) is 0 Å². The lowest BCUT2D eigenvalue weighted by Gasteiger charge is -2.39. The molecule has 2 aliphatic rings. The molecule has 98 valence electrons. The molecule has 0 bridgehead atoms. The molecule has 7 heteroatoms. The van der Waals surface area contributed by atoms with E-state index in [1.807, 2.05) is 0 Å². The number of rotatable bonds is 2. The Morgan fingerprint density at radius 2 is 2.17 bits per heavy atom. The van der Waals surface area contributed by atoms with E-state index in [1.165, 1.54) is 18.2 Å². The zero-order valence-corrected chi connectivity index (χ0v) is 10.8. The van der Waals surface area contributed by atoms with Gasteiger partial charge in [0, 0.05) is 12.3 Å². The van der Waals surface area contributed by atoms with Crippen molar-refractivity contribution in [3.05, 3.63) is 23.9 Å². The van der Waals surface area contributed by atoms with Crippen molar-refractivity contribution in [2.45, 2.75) is 18.9 Å². The van der Waals surface area contributed by atoms with E-state index in [-0.39, 0.29) is 17.9 Å². The second-order valence-corrected chi connectivity index (χ2v) is 6.55. The van der Waals surface area contributed by atoms with Crippen LogP contribution in [0.4, 0.5) is 0 Å². The van der Waals surface area contributed by atoms with Crippen LogP contribution in [0.1, 0.15) is 13.3 Å². The smallest absolute Gasteiger partial charge is 0.352 e. The van der Waals surface area contributed by atoms with Crippen molar-refractivity contribution in [3.63, 3.8) is 0 Å². The van der Waals surface area contributed by atoms with Crippen molar-refractivity contribution in [1.82, 2.24) is 4.31 Å². The molecule has 0 unspecified atom stereocenters. The van der Waals surface area contributed by atoms with E-state index in [9.17, 15) is 18.0 Å². The number of carboxylic acid groups (broad SMARTS) is 1. The average Bonchev–Trinajstić information content (AvgIpc) is 2.51. The maximum atomic E-state index is 11.8. The number of carboxylic acids is 1. The molecular weight excluding hydrogens is 258 g/mol. The van der Waals surface area contributed by atoms with E-state index in [2.05, 4.69) is 0 Å². The maximum absolute atomic E-state index is 11.8. The molecule has 0 saturated carbocycles. The zero-order chi connectivity index (χ0) is 13.7. The molecule has 0 radical (unpaired) electrons. The quantitative estimate of drug-likeness (QED) is 0.771. The molecule has 18 heavy (non-hydrogen) atoms. The first-order chi connectivity index (χ1) is 8.16. The standard InChI is InChI=1S/C11H13NO5S/c1-11-4-3-8(13)5-7(11)6-9(10(14)15)12(11)18(2,16)17/h3-4,6-7H,5H2,1-2H3,(H,14,15)/t7-,11-/m1/s1. The molecule has 0 amide bonds. The fraction of sp³-hybridized carbons (Fsp3) is 0.455. The SMILES string of the molecule is C[C@@]12C=CC(=O)C[C@@H]1C=C(C(=O)O)N2S(C)(=O)=O. The maximum Gasteiger partial charge on any atom is 0.352 e. The summed E-state index contributed by atoms with van der Waals surface area (Å²) in [5.74, 6) is -1.87. The summed E-state index contributed by atoms with van der Waals surface area (Å²) in [6.07, 6.45) is 5.21.